The van der Waals surface area contributed by atoms with Gasteiger partial charge in [-0.1, -0.05) is 6.08 Å². The van der Waals surface area contributed by atoms with Crippen molar-refractivity contribution in [2.24, 2.45) is 5.84 Å². The molecule has 4 nitrogen and oxygen atoms in total. The number of amides is 1. The van der Waals surface area contributed by atoms with Crippen LogP contribution in [0.4, 0.5) is 4.39 Å². The zero-order valence-corrected chi connectivity index (χ0v) is 9.41. The van der Waals surface area contributed by atoms with Crippen LogP contribution >= 0.6 is 0 Å². The van der Waals surface area contributed by atoms with Crippen molar-refractivity contribution in [3.63, 3.8) is 0 Å². The Morgan fingerprint density at radius 1 is 1.59 bits per heavy atom. The van der Waals surface area contributed by atoms with E-state index in [1.54, 1.807) is 6.08 Å². The Labute approximate surface area is 99.2 Å². The third-order valence-electron chi connectivity index (χ3n) is 2.16. The Balaban J connectivity index is 2.69. The van der Waals surface area contributed by atoms with Gasteiger partial charge in [-0.05, 0) is 24.6 Å². The van der Waals surface area contributed by atoms with Gasteiger partial charge in [0.15, 0.2) is 0 Å². The normalized spacial score (nSPS) is 10.0. The first kappa shape index (κ1) is 13.3. The molecule has 0 aliphatic heterocycles. The van der Waals surface area contributed by atoms with E-state index >= 15 is 0 Å². The number of hydrazine groups is 1. The summed E-state index contributed by atoms with van der Waals surface area (Å²) in [6.07, 6.45) is 2.42. The average molecular weight is 238 g/mol. The smallest absolute Gasteiger partial charge is 0.265 e. The fraction of sp³-hybridized carbons (Fsp3) is 0.250. The van der Waals surface area contributed by atoms with Crippen LogP contribution in [0.3, 0.4) is 0 Å². The van der Waals surface area contributed by atoms with Crippen molar-refractivity contribution in [1.29, 1.82) is 0 Å². The lowest BCUT2D eigenvalue weighted by Gasteiger charge is -2.06. The summed E-state index contributed by atoms with van der Waals surface area (Å²) in [5.74, 6) is 4.13. The van der Waals surface area contributed by atoms with Gasteiger partial charge in [0, 0.05) is 11.1 Å². The van der Waals surface area contributed by atoms with Gasteiger partial charge in [0.25, 0.3) is 5.91 Å². The average Bonchev–Trinajstić information content (AvgIpc) is 2.35. The van der Waals surface area contributed by atoms with E-state index < -0.39 is 11.7 Å². The summed E-state index contributed by atoms with van der Waals surface area (Å²) < 4.78 is 18.6. The van der Waals surface area contributed by atoms with Crippen molar-refractivity contribution in [3.05, 3.63) is 47.8 Å². The van der Waals surface area contributed by atoms with Crippen LogP contribution in [-0.2, 0) is 11.3 Å². The molecule has 0 fully saturated rings. The molecule has 0 bridgehead atoms. The SMILES string of the molecule is C=CCCOCc1cc(C(=O)NN)ccc1F. The summed E-state index contributed by atoms with van der Waals surface area (Å²) in [5, 5.41) is 0. The Morgan fingerprint density at radius 2 is 2.35 bits per heavy atom. The lowest BCUT2D eigenvalue weighted by atomic mass is 10.1. The predicted octanol–water partition coefficient (Wildman–Crippen LogP) is 1.52. The lowest BCUT2D eigenvalue weighted by Crippen LogP contribution is -2.30. The number of nitrogens with two attached hydrogens (primary N) is 1. The van der Waals surface area contributed by atoms with Crippen molar-refractivity contribution < 1.29 is 13.9 Å². The summed E-state index contributed by atoms with van der Waals surface area (Å²) in [7, 11) is 0. The van der Waals surface area contributed by atoms with Gasteiger partial charge in [0.05, 0.1) is 13.2 Å². The summed E-state index contributed by atoms with van der Waals surface area (Å²) >= 11 is 0. The maximum Gasteiger partial charge on any atom is 0.265 e. The molecule has 0 heterocycles. The molecule has 0 radical (unpaired) electrons. The predicted molar refractivity (Wildman–Crippen MR) is 62.5 cm³/mol. The molecule has 1 rings (SSSR count). The number of rotatable bonds is 6. The third-order valence-corrected chi connectivity index (χ3v) is 2.16. The van der Waals surface area contributed by atoms with E-state index in [1.165, 1.54) is 18.2 Å². The van der Waals surface area contributed by atoms with E-state index in [1.807, 2.05) is 5.43 Å². The van der Waals surface area contributed by atoms with Crippen molar-refractivity contribution in [3.8, 4) is 0 Å². The number of ether oxygens (including phenoxy) is 1. The van der Waals surface area contributed by atoms with E-state index in [0.29, 0.717) is 24.2 Å². The van der Waals surface area contributed by atoms with E-state index in [2.05, 4.69) is 6.58 Å². The van der Waals surface area contributed by atoms with Gasteiger partial charge in [0.2, 0.25) is 0 Å². The Morgan fingerprint density at radius 3 is 3.00 bits per heavy atom. The standard InChI is InChI=1S/C12H15FN2O2/c1-2-3-6-17-8-10-7-9(12(16)15-14)4-5-11(10)13/h2,4-5,7H,1,3,6,8,14H2,(H,15,16). The first-order chi connectivity index (χ1) is 8.19. The highest BCUT2D eigenvalue weighted by Crippen LogP contribution is 2.12. The summed E-state index contributed by atoms with van der Waals surface area (Å²) in [4.78, 5) is 11.2. The maximum atomic E-state index is 13.4. The number of benzene rings is 1. The molecule has 1 aromatic carbocycles. The maximum absolute atomic E-state index is 13.4. The number of nitrogen functional groups attached to an aromatic ring is 1. The molecule has 0 unspecified atom stereocenters. The second-order valence-electron chi connectivity index (χ2n) is 3.41. The molecule has 0 spiro atoms. The molecule has 17 heavy (non-hydrogen) atoms. The molecular weight excluding hydrogens is 223 g/mol. The zero-order chi connectivity index (χ0) is 12.7. The molecule has 5 heteroatoms. The fourth-order valence-corrected chi connectivity index (χ4v) is 1.26. The fourth-order valence-electron chi connectivity index (χ4n) is 1.26. The van der Waals surface area contributed by atoms with Crippen molar-refractivity contribution in [2.75, 3.05) is 6.61 Å². The monoisotopic (exact) mass is 238 g/mol. The second kappa shape index (κ2) is 6.78. The molecule has 0 aliphatic rings. The molecular formula is C12H15FN2O2. The Bertz CT molecular complexity index is 407. The van der Waals surface area contributed by atoms with E-state index in [-0.39, 0.29) is 6.61 Å². The third kappa shape index (κ3) is 3.97. The van der Waals surface area contributed by atoms with Gasteiger partial charge < -0.3 is 4.74 Å². The number of halogens is 1. The number of hydrogen-bond acceptors (Lipinski definition) is 3. The molecule has 0 aliphatic carbocycles. The highest BCUT2D eigenvalue weighted by Gasteiger charge is 2.08. The van der Waals surface area contributed by atoms with Gasteiger partial charge in [0.1, 0.15) is 5.82 Å². The van der Waals surface area contributed by atoms with Crippen LogP contribution in [0.5, 0.6) is 0 Å². The largest absolute Gasteiger partial charge is 0.376 e. The Hall–Kier alpha value is -1.72. The minimum absolute atomic E-state index is 0.116. The molecule has 0 saturated carbocycles. The van der Waals surface area contributed by atoms with Crippen molar-refractivity contribution >= 4 is 5.91 Å². The summed E-state index contributed by atoms with van der Waals surface area (Å²) in [6.45, 7) is 4.14. The number of carbonyl (C=O) groups excluding carboxylic acids is 1. The van der Waals surface area contributed by atoms with Crippen LogP contribution in [-0.4, -0.2) is 12.5 Å². The summed E-state index contributed by atoms with van der Waals surface area (Å²) in [6, 6.07) is 4.01. The van der Waals surface area contributed by atoms with Crippen LogP contribution in [0.15, 0.2) is 30.9 Å². The van der Waals surface area contributed by atoms with Gasteiger partial charge in [-0.25, -0.2) is 10.2 Å². The number of carbonyl (C=O) groups is 1. The first-order valence-electron chi connectivity index (χ1n) is 5.17. The molecule has 0 saturated heterocycles. The van der Waals surface area contributed by atoms with Crippen LogP contribution in [0.25, 0.3) is 0 Å². The first-order valence-corrected chi connectivity index (χ1v) is 5.17. The van der Waals surface area contributed by atoms with Crippen LogP contribution in [0, 0.1) is 5.82 Å². The summed E-state index contributed by atoms with van der Waals surface area (Å²) in [5.41, 5.74) is 2.62. The topological polar surface area (TPSA) is 64.3 Å². The van der Waals surface area contributed by atoms with Gasteiger partial charge in [-0.15, -0.1) is 6.58 Å². The van der Waals surface area contributed by atoms with Gasteiger partial charge in [-0.3, -0.25) is 10.2 Å². The van der Waals surface area contributed by atoms with E-state index in [0.717, 1.165) is 0 Å². The lowest BCUT2D eigenvalue weighted by molar-refractivity contribution is 0.0952. The highest BCUT2D eigenvalue weighted by molar-refractivity contribution is 5.93. The van der Waals surface area contributed by atoms with E-state index in [4.69, 9.17) is 10.6 Å². The Kier molecular flexibility index (Phi) is 5.32. The molecule has 92 valence electrons. The molecule has 1 amide bonds. The number of nitrogens with one attached hydrogen (secondary N) is 1. The van der Waals surface area contributed by atoms with Crippen LogP contribution < -0.4 is 11.3 Å². The highest BCUT2D eigenvalue weighted by atomic mass is 19.1. The minimum Gasteiger partial charge on any atom is -0.376 e. The zero-order valence-electron chi connectivity index (χ0n) is 9.41. The van der Waals surface area contributed by atoms with Gasteiger partial charge in [-0.2, -0.15) is 0 Å². The second-order valence-corrected chi connectivity index (χ2v) is 3.41. The molecule has 0 aromatic heterocycles. The molecule has 1 aromatic rings. The van der Waals surface area contributed by atoms with Crippen LogP contribution in [0.2, 0.25) is 0 Å². The van der Waals surface area contributed by atoms with Gasteiger partial charge >= 0.3 is 0 Å². The van der Waals surface area contributed by atoms with Crippen LogP contribution in [0.1, 0.15) is 22.3 Å². The van der Waals surface area contributed by atoms with Crippen molar-refractivity contribution in [2.45, 2.75) is 13.0 Å². The molecule has 3 N–H and O–H groups in total. The molecule has 0 atom stereocenters. The van der Waals surface area contributed by atoms with Crippen molar-refractivity contribution in [1.82, 2.24) is 5.43 Å². The number of hydrogen-bond donors (Lipinski definition) is 2. The quantitative estimate of drug-likeness (QED) is 0.260. The minimum atomic E-state index is -0.461. The van der Waals surface area contributed by atoms with E-state index in [9.17, 15) is 9.18 Å².